The largest absolute Gasteiger partial charge is 0.507 e. The number of carbonyl (C=O) groups excluding carboxylic acids is 5. The fraction of sp³-hybridized carbons (Fsp3) is 0.294. The van der Waals surface area contributed by atoms with Crippen molar-refractivity contribution in [1.29, 1.82) is 0 Å². The van der Waals surface area contributed by atoms with Crippen LogP contribution in [0.3, 0.4) is 0 Å². The molecule has 3 amide bonds. The first-order valence-corrected chi connectivity index (χ1v) is 36.3. The number of ether oxygens (including phenoxy) is 4. The zero-order chi connectivity index (χ0) is 75.4. The van der Waals surface area contributed by atoms with Crippen molar-refractivity contribution in [3.8, 4) is 50.6 Å². The van der Waals surface area contributed by atoms with Gasteiger partial charge in [-0.2, -0.15) is 0 Å². The van der Waals surface area contributed by atoms with Gasteiger partial charge in [-0.15, -0.1) is 0 Å². The Hall–Kier alpha value is -10.5. The van der Waals surface area contributed by atoms with Gasteiger partial charge in [-0.25, -0.2) is 14.4 Å². The highest BCUT2D eigenvalue weighted by atomic mass is 79.9. The van der Waals surface area contributed by atoms with Crippen LogP contribution in [0.2, 0.25) is 0 Å². The maximum Gasteiger partial charge on any atom is 0.340 e. The van der Waals surface area contributed by atoms with Crippen molar-refractivity contribution in [2.45, 2.75) is 85.0 Å². The number of nitrogens with one attached hydrogen (secondary N) is 3. The quantitative estimate of drug-likeness (QED) is 0.0333. The summed E-state index contributed by atoms with van der Waals surface area (Å²) in [6.45, 7) is 24.8. The minimum absolute atomic E-state index is 0.0175. The molecule has 0 aliphatic carbocycles. The molecule has 19 nitrogen and oxygen atoms in total. The minimum atomic E-state index is -1.14. The summed E-state index contributed by atoms with van der Waals surface area (Å²) in [5.41, 5.74) is 9.41. The number of esters is 2. The van der Waals surface area contributed by atoms with Crippen molar-refractivity contribution in [2.24, 2.45) is 0 Å². The second-order valence-electron chi connectivity index (χ2n) is 27.7. The van der Waals surface area contributed by atoms with Crippen molar-refractivity contribution < 1.29 is 57.9 Å². The number of carboxylic acid groups (broad SMARTS) is 1. The molecule has 2 saturated heterocycles. The highest BCUT2D eigenvalue weighted by Crippen LogP contribution is 2.34. The Kier molecular flexibility index (Phi) is 27.6. The van der Waals surface area contributed by atoms with Gasteiger partial charge in [0.25, 0.3) is 17.7 Å². The standard InChI is InChI=1S/C32H39N3O4.C27H28BrNO4.C26H27N3O4/c1-6-38-29-15-12-23(22-35-18-16-34(5)17-19-35)20-27(29)30(36)33-28-21-25(24-10-8-7-9-11-24)13-14-26(28)31(37)39-32(2,3)4;1-5-32-24-14-11-18(17-28)15-22(24)25(30)29-23-16-20(19-9-7-6-8-10-19)12-13-21(23)26(31)33-27(2,3)4;1-28-11-13-29(14-12-28)17-18-7-10-24(30)22(15-18)25(31)27-23-16-20(8-9-21(23)26(32)33)19-5-3-2-4-6-19/h7-15,20-21H,6,16-19,22H2,1-5H3,(H,33,36);6-16H,5,17H2,1-4H3,(H,29,30);2-10,15-16,30H,11-14,17H2,1H3,(H,27,31)(H,32,33). The monoisotopic (exact) mass is 1480 g/mol. The third-order valence-corrected chi connectivity index (χ3v) is 17.9. The van der Waals surface area contributed by atoms with Gasteiger partial charge in [-0.05, 0) is 192 Å². The van der Waals surface area contributed by atoms with E-state index in [0.717, 1.165) is 109 Å². The van der Waals surface area contributed by atoms with Gasteiger partial charge in [0.15, 0.2) is 0 Å². The number of rotatable bonds is 21. The maximum absolute atomic E-state index is 13.7. The molecule has 2 aliphatic heterocycles. The molecule has 0 spiro atoms. The minimum Gasteiger partial charge on any atom is -0.507 e. The van der Waals surface area contributed by atoms with E-state index >= 15 is 0 Å². The third kappa shape index (κ3) is 22.8. The molecule has 2 heterocycles. The number of carboxylic acids is 1. The molecule has 0 saturated carbocycles. The van der Waals surface area contributed by atoms with E-state index in [-0.39, 0.29) is 39.9 Å². The number of hydrogen-bond acceptors (Lipinski definition) is 15. The second-order valence-corrected chi connectivity index (χ2v) is 28.3. The Labute approximate surface area is 624 Å². The maximum atomic E-state index is 13.7. The molecular weight excluding hydrogens is 1390 g/mol. The van der Waals surface area contributed by atoms with Gasteiger partial charge in [-0.3, -0.25) is 24.2 Å². The average Bonchev–Trinajstić information content (AvgIpc) is 0.828. The molecular formula is C85H94BrN7O12. The summed E-state index contributed by atoms with van der Waals surface area (Å²) in [5, 5.41) is 29.2. The molecule has 9 aromatic carbocycles. The van der Waals surface area contributed by atoms with Crippen LogP contribution < -0.4 is 25.4 Å². The van der Waals surface area contributed by atoms with Crippen molar-refractivity contribution in [1.82, 2.24) is 19.6 Å². The fourth-order valence-electron chi connectivity index (χ4n) is 11.8. The molecule has 548 valence electrons. The predicted molar refractivity (Wildman–Crippen MR) is 418 cm³/mol. The molecule has 0 bridgehead atoms. The topological polar surface area (TPSA) is 229 Å². The number of alkyl halides is 1. The Bertz CT molecular complexity index is 4490. The summed E-state index contributed by atoms with van der Waals surface area (Å²) < 4.78 is 22.7. The zero-order valence-electron chi connectivity index (χ0n) is 61.4. The zero-order valence-corrected chi connectivity index (χ0v) is 63.0. The SMILES string of the molecule is CCOc1ccc(CBr)cc1C(=O)Nc1cc(-c2ccccc2)ccc1C(=O)OC(C)(C)C.CCOc1ccc(CN2CCN(C)CC2)cc1C(=O)Nc1cc(-c2ccccc2)ccc1C(=O)OC(C)(C)C.CN1CCN(Cc2ccc(O)c(C(=O)Nc3cc(-c4ccccc4)ccc3C(=O)O)c2)CC1. The summed E-state index contributed by atoms with van der Waals surface area (Å²) in [6, 6.07) is 60.9. The first kappa shape index (κ1) is 78.7. The predicted octanol–water partition coefficient (Wildman–Crippen LogP) is 16.3. The van der Waals surface area contributed by atoms with Gasteiger partial charge in [0.05, 0.1) is 63.7 Å². The summed E-state index contributed by atoms with van der Waals surface area (Å²) in [4.78, 5) is 87.2. The lowest BCUT2D eigenvalue weighted by atomic mass is 10.0. The third-order valence-electron chi connectivity index (χ3n) is 17.2. The summed E-state index contributed by atoms with van der Waals surface area (Å²) in [5.74, 6) is -2.55. The number of aromatic hydroxyl groups is 1. The van der Waals surface area contributed by atoms with E-state index < -0.39 is 35.0 Å². The molecule has 9 aromatic rings. The molecule has 0 unspecified atom stereocenters. The number of piperazine rings is 2. The normalized spacial score (nSPS) is 13.5. The number of nitrogens with zero attached hydrogens (tertiary/aromatic N) is 4. The first-order valence-electron chi connectivity index (χ1n) is 35.2. The van der Waals surface area contributed by atoms with E-state index in [2.05, 4.69) is 65.6 Å². The molecule has 0 atom stereocenters. The first-order chi connectivity index (χ1) is 50.2. The molecule has 0 aromatic heterocycles. The Morgan fingerprint density at radius 2 is 0.733 bits per heavy atom. The summed E-state index contributed by atoms with van der Waals surface area (Å²) in [7, 11) is 4.23. The number of halogens is 1. The van der Waals surface area contributed by atoms with E-state index in [9.17, 15) is 39.0 Å². The molecule has 11 rings (SSSR count). The highest BCUT2D eigenvalue weighted by Gasteiger charge is 2.27. The number of amides is 3. The van der Waals surface area contributed by atoms with Crippen LogP contribution in [0, 0.1) is 0 Å². The van der Waals surface area contributed by atoms with Crippen LogP contribution in [0.5, 0.6) is 17.2 Å². The van der Waals surface area contributed by atoms with Crippen molar-refractivity contribution in [3.63, 3.8) is 0 Å². The van der Waals surface area contributed by atoms with Crippen molar-refractivity contribution in [3.05, 3.63) is 250 Å². The molecule has 2 aliphatic rings. The molecule has 0 radical (unpaired) electrons. The highest BCUT2D eigenvalue weighted by molar-refractivity contribution is 9.08. The molecule has 5 N–H and O–H groups in total. The number of likely N-dealkylation sites (N-methyl/N-ethyl adjacent to an activating group) is 2. The van der Waals surface area contributed by atoms with E-state index in [4.69, 9.17) is 18.9 Å². The number of phenols is 1. The van der Waals surface area contributed by atoms with Crippen molar-refractivity contribution in [2.75, 3.05) is 95.6 Å². The van der Waals surface area contributed by atoms with Gasteiger partial charge in [0, 0.05) is 70.8 Å². The van der Waals surface area contributed by atoms with Crippen LogP contribution in [0.1, 0.15) is 134 Å². The van der Waals surface area contributed by atoms with Gasteiger partial charge in [0.2, 0.25) is 0 Å². The number of benzene rings is 9. The van der Waals surface area contributed by atoms with Crippen LogP contribution in [-0.4, -0.2) is 156 Å². The fourth-order valence-corrected chi connectivity index (χ4v) is 12.1. The Morgan fingerprint density at radius 1 is 0.400 bits per heavy atom. The Balaban J connectivity index is 0.000000183. The van der Waals surface area contributed by atoms with Crippen LogP contribution in [0.25, 0.3) is 33.4 Å². The van der Waals surface area contributed by atoms with Crippen LogP contribution in [0.4, 0.5) is 17.1 Å². The van der Waals surface area contributed by atoms with E-state index in [1.54, 1.807) is 48.5 Å². The van der Waals surface area contributed by atoms with Gasteiger partial charge in [0.1, 0.15) is 28.5 Å². The lowest BCUT2D eigenvalue weighted by molar-refractivity contribution is 0.00580. The molecule has 105 heavy (non-hydrogen) atoms. The number of hydrogen-bond donors (Lipinski definition) is 5. The lowest BCUT2D eigenvalue weighted by Gasteiger charge is -2.32. The van der Waals surface area contributed by atoms with Crippen LogP contribution >= 0.6 is 15.9 Å². The van der Waals surface area contributed by atoms with Gasteiger partial charge in [-0.1, -0.05) is 143 Å². The summed E-state index contributed by atoms with van der Waals surface area (Å²) >= 11 is 3.43. The number of carbonyl (C=O) groups is 6. The van der Waals surface area contributed by atoms with Gasteiger partial charge < -0.3 is 54.9 Å². The van der Waals surface area contributed by atoms with Crippen molar-refractivity contribution >= 4 is 68.6 Å². The van der Waals surface area contributed by atoms with Crippen LogP contribution in [-0.2, 0) is 27.9 Å². The van der Waals surface area contributed by atoms with E-state index in [1.807, 2.05) is 195 Å². The number of phenolic OH excluding ortho intramolecular Hbond substituents is 1. The van der Waals surface area contributed by atoms with Crippen LogP contribution in [0.15, 0.2) is 200 Å². The van der Waals surface area contributed by atoms with Gasteiger partial charge >= 0.3 is 17.9 Å². The second kappa shape index (κ2) is 36.8. The smallest absolute Gasteiger partial charge is 0.340 e. The lowest BCUT2D eigenvalue weighted by Crippen LogP contribution is -2.43. The number of anilines is 3. The Morgan fingerprint density at radius 3 is 1.10 bits per heavy atom. The summed E-state index contributed by atoms with van der Waals surface area (Å²) in [6.07, 6.45) is 0. The van der Waals surface area contributed by atoms with E-state index in [1.165, 1.54) is 12.1 Å². The number of aromatic carboxylic acids is 1. The molecule has 2 fully saturated rings. The average molecular weight is 1490 g/mol. The molecule has 20 heteroatoms. The van der Waals surface area contributed by atoms with E-state index in [0.29, 0.717) is 64.7 Å².